The highest BCUT2D eigenvalue weighted by Crippen LogP contribution is 2.33. The van der Waals surface area contributed by atoms with Crippen molar-refractivity contribution in [3.05, 3.63) is 27.6 Å². The van der Waals surface area contributed by atoms with E-state index in [-0.39, 0.29) is 4.47 Å². The van der Waals surface area contributed by atoms with E-state index in [0.29, 0.717) is 0 Å². The van der Waals surface area contributed by atoms with Crippen LogP contribution < -0.4 is 9.96 Å². The van der Waals surface area contributed by atoms with Crippen molar-refractivity contribution in [3.63, 3.8) is 0 Å². The Labute approximate surface area is 104 Å². The fourth-order valence-corrected chi connectivity index (χ4v) is 1.44. The van der Waals surface area contributed by atoms with E-state index in [4.69, 9.17) is 9.94 Å². The summed E-state index contributed by atoms with van der Waals surface area (Å²) in [5.41, 5.74) is -0.458. The Bertz CT molecular complexity index is 426. The Kier molecular flexibility index (Phi) is 4.67. The molecule has 1 aromatic carbocycles. The maximum absolute atomic E-state index is 13.4. The van der Waals surface area contributed by atoms with Gasteiger partial charge < -0.3 is 19.9 Å². The van der Waals surface area contributed by atoms with Gasteiger partial charge in [-0.2, -0.15) is 0 Å². The summed E-state index contributed by atoms with van der Waals surface area (Å²) < 4.78 is 22.7. The summed E-state index contributed by atoms with van der Waals surface area (Å²) in [6.07, 6.45) is 0. The monoisotopic (exact) mass is 308 g/mol. The highest BCUT2D eigenvalue weighted by Gasteiger charge is 2.14. The lowest BCUT2D eigenvalue weighted by molar-refractivity contribution is -0.142. The van der Waals surface area contributed by atoms with Crippen molar-refractivity contribution in [1.29, 1.82) is 0 Å². The zero-order valence-electron chi connectivity index (χ0n) is 8.65. The lowest BCUT2D eigenvalue weighted by Crippen LogP contribution is -2.16. The van der Waals surface area contributed by atoms with Gasteiger partial charge in [-0.05, 0) is 12.1 Å². The Morgan fingerprint density at radius 1 is 1.65 bits per heavy atom. The Morgan fingerprint density at radius 2 is 2.29 bits per heavy atom. The maximum atomic E-state index is 13.4. The molecule has 0 amide bonds. The van der Waals surface area contributed by atoms with Gasteiger partial charge in [0.25, 0.3) is 0 Å². The molecule has 0 bridgehead atoms. The lowest BCUT2D eigenvalue weighted by atomic mass is 10.3. The van der Waals surface area contributed by atoms with E-state index in [1.807, 2.05) is 0 Å². The Morgan fingerprint density at radius 3 is 2.82 bits per heavy atom. The first-order chi connectivity index (χ1) is 7.95. The topological polar surface area (TPSA) is 82.1 Å². The van der Waals surface area contributed by atoms with Gasteiger partial charge in [-0.1, -0.05) is 15.9 Å². The number of methoxy groups -OCH3 is 1. The fraction of sp³-hybridized carbons (Fsp3) is 0.222. The van der Waals surface area contributed by atoms with Crippen LogP contribution in [0.2, 0.25) is 0 Å². The quantitative estimate of drug-likeness (QED) is 0.675. The number of rotatable bonds is 4. The van der Waals surface area contributed by atoms with Crippen molar-refractivity contribution >= 4 is 27.6 Å². The van der Waals surface area contributed by atoms with E-state index in [2.05, 4.69) is 20.7 Å². The van der Waals surface area contributed by atoms with Crippen LogP contribution in [0.4, 0.5) is 10.1 Å². The van der Waals surface area contributed by atoms with E-state index in [1.54, 1.807) is 0 Å². The predicted molar refractivity (Wildman–Crippen MR) is 59.2 cm³/mol. The zero-order valence-corrected chi connectivity index (χ0v) is 10.2. The number of nitrogens with zero attached hydrogens (tertiary/aromatic N) is 1. The Balaban J connectivity index is 3.00. The van der Waals surface area contributed by atoms with E-state index in [0.717, 1.165) is 19.2 Å². The van der Waals surface area contributed by atoms with Crippen LogP contribution in [0.3, 0.4) is 0 Å². The van der Waals surface area contributed by atoms with Gasteiger partial charge in [-0.3, -0.25) is 5.21 Å². The molecule has 6 nitrogen and oxygen atoms in total. The molecule has 94 valence electrons. The van der Waals surface area contributed by atoms with Crippen molar-refractivity contribution in [1.82, 2.24) is 0 Å². The van der Waals surface area contributed by atoms with Gasteiger partial charge in [-0.25, -0.2) is 9.18 Å². The van der Waals surface area contributed by atoms with E-state index >= 15 is 0 Å². The molecule has 0 heterocycles. The fourth-order valence-electron chi connectivity index (χ4n) is 1.02. The van der Waals surface area contributed by atoms with Gasteiger partial charge in [0.2, 0.25) is 0 Å². The van der Waals surface area contributed by atoms with Gasteiger partial charge in [-0.15, -0.1) is 0 Å². The number of ether oxygens (including phenoxy) is 2. The summed E-state index contributed by atoms with van der Waals surface area (Å²) in [6, 6.07) is 2.17. The first kappa shape index (κ1) is 13.7. The standard InChI is InChI=1S/C9H8BrFNO5/c1-16-8(13)4-17-9-6(11)2-5(10)3-7(9)12(14)15/h2-3,14H,4H2,1H3/q-1. The van der Waals surface area contributed by atoms with Crippen LogP contribution in [0.25, 0.3) is 0 Å². The summed E-state index contributed by atoms with van der Waals surface area (Å²) in [5.74, 6) is -2.17. The molecular weight excluding hydrogens is 301 g/mol. The van der Waals surface area contributed by atoms with Crippen LogP contribution in [0, 0.1) is 11.0 Å². The molecule has 0 unspecified atom stereocenters. The summed E-state index contributed by atoms with van der Waals surface area (Å²) in [6.45, 7) is -0.574. The van der Waals surface area contributed by atoms with E-state index < -0.39 is 35.1 Å². The molecule has 0 saturated carbocycles. The summed E-state index contributed by atoms with van der Waals surface area (Å²) >= 11 is 2.95. The van der Waals surface area contributed by atoms with Crippen LogP contribution in [-0.2, 0) is 9.53 Å². The van der Waals surface area contributed by atoms with Gasteiger partial charge in [0.1, 0.15) is 0 Å². The number of hydrogen-bond donors (Lipinski definition) is 1. The molecule has 0 radical (unpaired) electrons. The minimum absolute atomic E-state index is 0.241. The van der Waals surface area contributed by atoms with Crippen LogP contribution in [0.15, 0.2) is 16.6 Å². The molecule has 0 spiro atoms. The lowest BCUT2D eigenvalue weighted by Gasteiger charge is -2.24. The second kappa shape index (κ2) is 5.80. The predicted octanol–water partition coefficient (Wildman–Crippen LogP) is 1.83. The van der Waals surface area contributed by atoms with Crippen LogP contribution in [-0.4, -0.2) is 24.9 Å². The molecule has 17 heavy (non-hydrogen) atoms. The second-order valence-corrected chi connectivity index (χ2v) is 3.79. The van der Waals surface area contributed by atoms with Gasteiger partial charge in [0, 0.05) is 4.47 Å². The van der Waals surface area contributed by atoms with Crippen molar-refractivity contribution < 1.29 is 23.9 Å². The third-order valence-electron chi connectivity index (χ3n) is 1.76. The van der Waals surface area contributed by atoms with Crippen LogP contribution in [0.5, 0.6) is 5.75 Å². The van der Waals surface area contributed by atoms with Gasteiger partial charge in [0.15, 0.2) is 18.2 Å². The molecule has 0 saturated heterocycles. The minimum atomic E-state index is -0.895. The molecule has 0 fully saturated rings. The average molecular weight is 309 g/mol. The SMILES string of the molecule is COC(=O)COc1c(F)cc(Br)cc1N([O-])O. The van der Waals surface area contributed by atoms with Crippen LogP contribution >= 0.6 is 15.9 Å². The molecule has 0 aromatic heterocycles. The third kappa shape index (κ3) is 3.55. The highest BCUT2D eigenvalue weighted by atomic mass is 79.9. The normalized spacial score (nSPS) is 9.94. The summed E-state index contributed by atoms with van der Waals surface area (Å²) in [7, 11) is 1.14. The first-order valence-corrected chi connectivity index (χ1v) is 5.09. The van der Waals surface area contributed by atoms with Crippen molar-refractivity contribution in [2.75, 3.05) is 18.9 Å². The number of esters is 1. The number of benzene rings is 1. The molecule has 1 aromatic rings. The smallest absolute Gasteiger partial charge is 0.343 e. The Hall–Kier alpha value is -1.38. The van der Waals surface area contributed by atoms with E-state index in [9.17, 15) is 14.4 Å². The molecule has 0 aliphatic heterocycles. The van der Waals surface area contributed by atoms with Crippen LogP contribution in [0.1, 0.15) is 0 Å². The molecule has 0 atom stereocenters. The van der Waals surface area contributed by atoms with E-state index in [1.165, 1.54) is 0 Å². The van der Waals surface area contributed by atoms with Crippen molar-refractivity contribution in [2.24, 2.45) is 0 Å². The van der Waals surface area contributed by atoms with Crippen molar-refractivity contribution in [2.45, 2.75) is 0 Å². The largest absolute Gasteiger partial charge is 0.733 e. The summed E-state index contributed by atoms with van der Waals surface area (Å²) in [4.78, 5) is 10.8. The van der Waals surface area contributed by atoms with Gasteiger partial charge >= 0.3 is 5.97 Å². The number of carbonyl (C=O) groups excluding carboxylic acids is 1. The number of hydrogen-bond acceptors (Lipinski definition) is 6. The molecule has 0 aliphatic rings. The minimum Gasteiger partial charge on any atom is -0.733 e. The number of anilines is 1. The molecule has 0 aliphatic carbocycles. The van der Waals surface area contributed by atoms with Gasteiger partial charge in [0.05, 0.1) is 12.8 Å². The molecule has 8 heteroatoms. The zero-order chi connectivity index (χ0) is 13.0. The number of carbonyl (C=O) groups is 1. The maximum Gasteiger partial charge on any atom is 0.343 e. The summed E-state index contributed by atoms with van der Waals surface area (Å²) in [5, 5.41) is 19.0. The molecule has 1 N–H and O–H groups in total. The second-order valence-electron chi connectivity index (χ2n) is 2.87. The average Bonchev–Trinajstić information content (AvgIpc) is 2.26. The first-order valence-electron chi connectivity index (χ1n) is 4.30. The number of halogens is 2. The van der Waals surface area contributed by atoms with Crippen molar-refractivity contribution in [3.8, 4) is 5.75 Å². The third-order valence-corrected chi connectivity index (χ3v) is 2.21. The molecular formula is C9H8BrFNO5-. The highest BCUT2D eigenvalue weighted by molar-refractivity contribution is 9.10. The molecule has 1 rings (SSSR count).